The van der Waals surface area contributed by atoms with Crippen LogP contribution in [-0.2, 0) is 6.42 Å². The number of rotatable bonds is 3. The van der Waals surface area contributed by atoms with Crippen LogP contribution in [-0.4, -0.2) is 16.9 Å². The largest absolute Gasteiger partial charge is 0.420 e. The summed E-state index contributed by atoms with van der Waals surface area (Å²) in [4.78, 5) is 0. The second-order valence-electron chi connectivity index (χ2n) is 6.07. The van der Waals surface area contributed by atoms with E-state index in [9.17, 15) is 18.3 Å². The van der Waals surface area contributed by atoms with Gasteiger partial charge in [0.25, 0.3) is 0 Å². The summed E-state index contributed by atoms with van der Waals surface area (Å²) in [6.07, 6.45) is -1.99. The normalized spacial score (nSPS) is 21.5. The lowest BCUT2D eigenvalue weighted by Gasteiger charge is -2.34. The predicted octanol–water partition coefficient (Wildman–Crippen LogP) is 4.59. The van der Waals surface area contributed by atoms with Crippen molar-refractivity contribution >= 4 is 0 Å². The van der Waals surface area contributed by atoms with Crippen LogP contribution >= 0.6 is 0 Å². The lowest BCUT2D eigenvalue weighted by Crippen LogP contribution is -2.44. The summed E-state index contributed by atoms with van der Waals surface area (Å²) in [7, 11) is 0. The minimum atomic E-state index is -4.69. The highest BCUT2D eigenvalue weighted by Crippen LogP contribution is 2.44. The Bertz CT molecular complexity index is 548. The van der Waals surface area contributed by atoms with Gasteiger partial charge in [-0.15, -0.1) is 0 Å². The fraction of sp³-hybridized carbons (Fsp3) is 0.529. The second kappa shape index (κ2) is 5.48. The second-order valence-corrected chi connectivity index (χ2v) is 6.07. The van der Waals surface area contributed by atoms with Crippen LogP contribution in [0.5, 0.6) is 0 Å². The van der Waals surface area contributed by atoms with Gasteiger partial charge in [-0.3, -0.25) is 0 Å². The van der Waals surface area contributed by atoms with E-state index in [2.05, 4.69) is 12.6 Å². The number of aryl methyl sites for hydroxylation is 2. The van der Waals surface area contributed by atoms with Gasteiger partial charge in [0.05, 0.1) is 0 Å². The monoisotopic (exact) mass is 298 g/mol. The topological polar surface area (TPSA) is 20.2 Å². The van der Waals surface area contributed by atoms with E-state index in [0.29, 0.717) is 12.5 Å². The maximum Gasteiger partial charge on any atom is 0.420 e. The number of aliphatic hydroxyl groups is 1. The zero-order valence-corrected chi connectivity index (χ0v) is 12.4. The van der Waals surface area contributed by atoms with Crippen LogP contribution in [0.4, 0.5) is 13.2 Å². The molecule has 1 N–H and O–H groups in total. The van der Waals surface area contributed by atoms with Crippen LogP contribution in [0.3, 0.4) is 0 Å². The Morgan fingerprint density at radius 3 is 2.57 bits per heavy atom. The summed E-state index contributed by atoms with van der Waals surface area (Å²) in [5.74, 6) is -0.281. The van der Waals surface area contributed by atoms with Crippen molar-refractivity contribution in [2.45, 2.75) is 57.2 Å². The molecular formula is C17H21F3O. The van der Waals surface area contributed by atoms with Gasteiger partial charge in [0, 0.05) is 0 Å². The number of fused-ring (bicyclic) bond motifs is 1. The quantitative estimate of drug-likeness (QED) is 0.809. The lowest BCUT2D eigenvalue weighted by molar-refractivity contribution is -0.243. The first-order chi connectivity index (χ1) is 9.68. The Morgan fingerprint density at radius 1 is 1.33 bits per heavy atom. The minimum absolute atomic E-state index is 0.281. The molecule has 2 unspecified atom stereocenters. The molecule has 0 spiro atoms. The van der Waals surface area contributed by atoms with Gasteiger partial charge in [-0.05, 0) is 62.1 Å². The smallest absolute Gasteiger partial charge is 0.377 e. The highest BCUT2D eigenvalue weighted by molar-refractivity contribution is 5.42. The first-order valence-electron chi connectivity index (χ1n) is 7.20. The van der Waals surface area contributed by atoms with Crippen LogP contribution in [0.2, 0.25) is 0 Å². The Balaban J connectivity index is 2.39. The van der Waals surface area contributed by atoms with Gasteiger partial charge in [-0.25, -0.2) is 0 Å². The van der Waals surface area contributed by atoms with Crippen molar-refractivity contribution in [3.05, 3.63) is 47.0 Å². The Kier molecular flexibility index (Phi) is 4.20. The molecule has 116 valence electrons. The van der Waals surface area contributed by atoms with Crippen LogP contribution in [0.25, 0.3) is 0 Å². The summed E-state index contributed by atoms with van der Waals surface area (Å²) in [5, 5.41) is 9.93. The van der Waals surface area contributed by atoms with E-state index in [4.69, 9.17) is 0 Å². The number of hydrogen-bond acceptors (Lipinski definition) is 1. The third kappa shape index (κ3) is 3.00. The van der Waals surface area contributed by atoms with Crippen molar-refractivity contribution in [2.24, 2.45) is 0 Å². The van der Waals surface area contributed by atoms with Gasteiger partial charge in [0.2, 0.25) is 0 Å². The molecule has 2 atom stereocenters. The summed E-state index contributed by atoms with van der Waals surface area (Å²) in [6, 6.07) is 4.02. The molecule has 1 aliphatic carbocycles. The van der Waals surface area contributed by atoms with Crippen LogP contribution < -0.4 is 0 Å². The van der Waals surface area contributed by atoms with E-state index in [1.54, 1.807) is 0 Å². The standard InChI is InChI=1S/C17H21F3O/c1-4-16(21,17(18,19)20)10-13-6-5-7-14-12(3)8-11(2)9-15(13)14/h4,8-9,13,21H,1,5-7,10H2,2-3H3. The molecule has 0 aromatic heterocycles. The zero-order valence-electron chi connectivity index (χ0n) is 12.4. The van der Waals surface area contributed by atoms with Gasteiger partial charge in [-0.1, -0.05) is 30.4 Å². The average Bonchev–Trinajstić information content (AvgIpc) is 2.38. The average molecular weight is 298 g/mol. The van der Waals surface area contributed by atoms with Gasteiger partial charge in [-0.2, -0.15) is 13.2 Å². The number of alkyl halides is 3. The zero-order chi connectivity index (χ0) is 15.8. The molecule has 1 aromatic carbocycles. The molecule has 0 aliphatic heterocycles. The molecule has 0 bridgehead atoms. The number of benzene rings is 1. The van der Waals surface area contributed by atoms with E-state index in [1.807, 2.05) is 19.9 Å². The Labute approximate surface area is 123 Å². The molecule has 0 saturated heterocycles. The molecule has 1 aromatic rings. The number of hydrogen-bond donors (Lipinski definition) is 1. The van der Waals surface area contributed by atoms with Gasteiger partial charge < -0.3 is 5.11 Å². The van der Waals surface area contributed by atoms with E-state index in [-0.39, 0.29) is 12.3 Å². The molecule has 1 nitrogen and oxygen atoms in total. The van der Waals surface area contributed by atoms with Crippen molar-refractivity contribution < 1.29 is 18.3 Å². The fourth-order valence-corrected chi connectivity index (χ4v) is 3.32. The van der Waals surface area contributed by atoms with Gasteiger partial charge in [0.1, 0.15) is 0 Å². The molecule has 0 saturated carbocycles. The van der Waals surface area contributed by atoms with E-state index < -0.39 is 11.8 Å². The van der Waals surface area contributed by atoms with Crippen molar-refractivity contribution in [3.63, 3.8) is 0 Å². The van der Waals surface area contributed by atoms with Crippen LogP contribution in [0, 0.1) is 13.8 Å². The third-order valence-electron chi connectivity index (χ3n) is 4.46. The fourth-order valence-electron chi connectivity index (χ4n) is 3.32. The predicted molar refractivity (Wildman–Crippen MR) is 77.4 cm³/mol. The highest BCUT2D eigenvalue weighted by Gasteiger charge is 2.52. The maximum absolute atomic E-state index is 13.1. The molecule has 2 rings (SSSR count). The molecule has 21 heavy (non-hydrogen) atoms. The van der Waals surface area contributed by atoms with Crippen molar-refractivity contribution in [2.75, 3.05) is 0 Å². The van der Waals surface area contributed by atoms with Crippen molar-refractivity contribution in [1.82, 2.24) is 0 Å². The van der Waals surface area contributed by atoms with Crippen molar-refractivity contribution in [3.8, 4) is 0 Å². The molecule has 0 amide bonds. The van der Waals surface area contributed by atoms with E-state index >= 15 is 0 Å². The molecule has 1 aliphatic rings. The first kappa shape index (κ1) is 16.1. The summed E-state index contributed by atoms with van der Waals surface area (Å²) >= 11 is 0. The van der Waals surface area contributed by atoms with E-state index in [0.717, 1.165) is 35.1 Å². The Morgan fingerprint density at radius 2 is 2.00 bits per heavy atom. The van der Waals surface area contributed by atoms with Crippen molar-refractivity contribution in [1.29, 1.82) is 0 Å². The molecule has 4 heteroatoms. The molecule has 0 radical (unpaired) electrons. The molecular weight excluding hydrogens is 277 g/mol. The summed E-state index contributed by atoms with van der Waals surface area (Å²) in [6.45, 7) is 7.13. The third-order valence-corrected chi connectivity index (χ3v) is 4.46. The summed E-state index contributed by atoms with van der Waals surface area (Å²) < 4.78 is 39.2. The Hall–Kier alpha value is -1.29. The maximum atomic E-state index is 13.1. The molecule has 0 heterocycles. The minimum Gasteiger partial charge on any atom is -0.377 e. The molecule has 0 fully saturated rings. The van der Waals surface area contributed by atoms with Gasteiger partial charge in [0.15, 0.2) is 5.60 Å². The highest BCUT2D eigenvalue weighted by atomic mass is 19.4. The van der Waals surface area contributed by atoms with E-state index in [1.165, 1.54) is 0 Å². The summed E-state index contributed by atoms with van der Waals surface area (Å²) in [5.41, 5.74) is 1.47. The van der Waals surface area contributed by atoms with Crippen LogP contribution in [0.1, 0.15) is 47.4 Å². The SMILES string of the molecule is C=CC(O)(CC1CCCc2c(C)cc(C)cc21)C(F)(F)F. The number of halogens is 3. The first-order valence-corrected chi connectivity index (χ1v) is 7.20. The van der Waals surface area contributed by atoms with Crippen LogP contribution in [0.15, 0.2) is 24.8 Å². The van der Waals surface area contributed by atoms with Gasteiger partial charge >= 0.3 is 6.18 Å². The lowest BCUT2D eigenvalue weighted by atomic mass is 9.75.